The van der Waals surface area contributed by atoms with Gasteiger partial charge in [0.2, 0.25) is 0 Å². The van der Waals surface area contributed by atoms with Gasteiger partial charge in [0.25, 0.3) is 5.56 Å². The molecule has 1 aromatic heterocycles. The highest BCUT2D eigenvalue weighted by Gasteiger charge is 2.19. The van der Waals surface area contributed by atoms with E-state index in [2.05, 4.69) is 40.4 Å². The number of anilines is 1. The number of hydrogen-bond acceptors (Lipinski definition) is 4. The van der Waals surface area contributed by atoms with E-state index in [1.807, 2.05) is 36.4 Å². The van der Waals surface area contributed by atoms with Crippen LogP contribution < -0.4 is 10.9 Å². The summed E-state index contributed by atoms with van der Waals surface area (Å²) in [4.78, 5) is 15.2. The maximum Gasteiger partial charge on any atom is 0.292 e. The first-order valence-electron chi connectivity index (χ1n) is 10.5. The fourth-order valence-corrected chi connectivity index (χ4v) is 4.19. The quantitative estimate of drug-likeness (QED) is 0.615. The van der Waals surface area contributed by atoms with Crippen LogP contribution in [-0.4, -0.2) is 27.3 Å². The summed E-state index contributed by atoms with van der Waals surface area (Å²) in [6.45, 7) is 5.00. The van der Waals surface area contributed by atoms with E-state index in [9.17, 15) is 4.79 Å². The maximum absolute atomic E-state index is 12.7. The zero-order valence-corrected chi connectivity index (χ0v) is 18.0. The molecular weight excluding hydrogens is 396 g/mol. The number of para-hydroxylation sites is 1. The van der Waals surface area contributed by atoms with Gasteiger partial charge in [0.15, 0.2) is 0 Å². The van der Waals surface area contributed by atoms with E-state index in [0.717, 1.165) is 13.1 Å². The number of aromatic nitrogens is 2. The van der Waals surface area contributed by atoms with Gasteiger partial charge in [-0.3, -0.25) is 9.69 Å². The molecule has 0 amide bonds. The van der Waals surface area contributed by atoms with Gasteiger partial charge in [0.05, 0.1) is 17.6 Å². The Morgan fingerprint density at radius 3 is 2.57 bits per heavy atom. The van der Waals surface area contributed by atoms with Gasteiger partial charge in [-0.1, -0.05) is 60.5 Å². The van der Waals surface area contributed by atoms with E-state index in [1.54, 1.807) is 6.20 Å². The minimum atomic E-state index is -0.330. The zero-order valence-electron chi connectivity index (χ0n) is 17.2. The monoisotopic (exact) mass is 422 g/mol. The average molecular weight is 423 g/mol. The second-order valence-electron chi connectivity index (χ2n) is 7.86. The Kier molecular flexibility index (Phi) is 6.50. The summed E-state index contributed by atoms with van der Waals surface area (Å²) in [5.41, 5.74) is 3.43. The first-order valence-corrected chi connectivity index (χ1v) is 10.9. The number of likely N-dealkylation sites (tertiary alicyclic amines) is 1. The summed E-state index contributed by atoms with van der Waals surface area (Å²) < 4.78 is 1.32. The van der Waals surface area contributed by atoms with Crippen molar-refractivity contribution in [3.8, 4) is 5.69 Å². The molecule has 0 spiro atoms. The van der Waals surface area contributed by atoms with Crippen molar-refractivity contribution in [2.45, 2.75) is 45.3 Å². The third-order valence-corrected chi connectivity index (χ3v) is 6.19. The van der Waals surface area contributed by atoms with E-state index in [0.29, 0.717) is 24.0 Å². The molecular formula is C24H27ClN4O. The topological polar surface area (TPSA) is 50.2 Å². The molecule has 0 aliphatic carbocycles. The standard InChI is InChI=1S/C24H27ClN4O/c1-18-9-7-8-14-28(18)17-20-11-6-5-10-19(20)15-26-22-16-27-29(24(30)23(22)25)21-12-3-2-4-13-21/h2-6,10-13,16,18,26H,7-9,14-15,17H2,1H3. The molecule has 0 radical (unpaired) electrons. The highest BCUT2D eigenvalue weighted by atomic mass is 35.5. The van der Waals surface area contributed by atoms with Gasteiger partial charge in [0.1, 0.15) is 5.02 Å². The largest absolute Gasteiger partial charge is 0.378 e. The number of halogens is 1. The summed E-state index contributed by atoms with van der Waals surface area (Å²) >= 11 is 6.38. The summed E-state index contributed by atoms with van der Waals surface area (Å²) in [6, 6.07) is 18.3. The number of nitrogens with one attached hydrogen (secondary N) is 1. The molecule has 6 heteroatoms. The normalized spacial score (nSPS) is 17.1. The Hall–Kier alpha value is -2.63. The SMILES string of the molecule is CC1CCCCN1Cc1ccccc1CNc1cnn(-c2ccccc2)c(=O)c1Cl. The third-order valence-electron chi connectivity index (χ3n) is 5.82. The molecule has 3 aromatic rings. The molecule has 4 rings (SSSR count). The van der Waals surface area contributed by atoms with E-state index in [-0.39, 0.29) is 10.6 Å². The molecule has 0 bridgehead atoms. The number of nitrogens with zero attached hydrogens (tertiary/aromatic N) is 3. The van der Waals surface area contributed by atoms with Gasteiger partial charge in [0, 0.05) is 19.1 Å². The van der Waals surface area contributed by atoms with Crippen molar-refractivity contribution in [3.05, 3.63) is 87.3 Å². The lowest BCUT2D eigenvalue weighted by Gasteiger charge is -2.33. The molecule has 2 heterocycles. The molecule has 1 unspecified atom stereocenters. The van der Waals surface area contributed by atoms with Crippen LogP contribution in [0.25, 0.3) is 5.69 Å². The summed E-state index contributed by atoms with van der Waals surface area (Å²) in [6.07, 6.45) is 5.47. The summed E-state index contributed by atoms with van der Waals surface area (Å²) in [7, 11) is 0. The van der Waals surface area contributed by atoms with Crippen LogP contribution in [0.4, 0.5) is 5.69 Å². The van der Waals surface area contributed by atoms with Gasteiger partial charge < -0.3 is 5.32 Å². The maximum atomic E-state index is 12.7. The molecule has 1 atom stereocenters. The molecule has 1 saturated heterocycles. The Labute approximate surface area is 182 Å². The van der Waals surface area contributed by atoms with Crippen LogP contribution in [-0.2, 0) is 13.1 Å². The fraction of sp³-hybridized carbons (Fsp3) is 0.333. The van der Waals surface area contributed by atoms with Crippen LogP contribution in [0.15, 0.2) is 65.6 Å². The van der Waals surface area contributed by atoms with Crippen LogP contribution in [0.5, 0.6) is 0 Å². The van der Waals surface area contributed by atoms with Crippen molar-refractivity contribution in [1.82, 2.24) is 14.7 Å². The van der Waals surface area contributed by atoms with E-state index < -0.39 is 0 Å². The lowest BCUT2D eigenvalue weighted by molar-refractivity contribution is 0.152. The van der Waals surface area contributed by atoms with Gasteiger partial charge in [-0.25, -0.2) is 0 Å². The fourth-order valence-electron chi connectivity index (χ4n) is 4.00. The Morgan fingerprint density at radius 2 is 1.80 bits per heavy atom. The van der Waals surface area contributed by atoms with Crippen LogP contribution >= 0.6 is 11.6 Å². The van der Waals surface area contributed by atoms with Crippen LogP contribution in [0.3, 0.4) is 0 Å². The Morgan fingerprint density at radius 1 is 1.07 bits per heavy atom. The second kappa shape index (κ2) is 9.45. The van der Waals surface area contributed by atoms with Gasteiger partial charge >= 0.3 is 0 Å². The number of benzene rings is 2. The summed E-state index contributed by atoms with van der Waals surface area (Å²) in [5, 5.41) is 7.76. The van der Waals surface area contributed by atoms with Crippen molar-refractivity contribution in [3.63, 3.8) is 0 Å². The predicted molar refractivity (Wildman–Crippen MR) is 122 cm³/mol. The Balaban J connectivity index is 1.50. The van der Waals surface area contributed by atoms with Gasteiger partial charge in [-0.05, 0) is 49.6 Å². The van der Waals surface area contributed by atoms with Crippen molar-refractivity contribution < 1.29 is 0 Å². The highest BCUT2D eigenvalue weighted by molar-refractivity contribution is 6.32. The number of hydrogen-bond donors (Lipinski definition) is 1. The lowest BCUT2D eigenvalue weighted by Crippen LogP contribution is -2.37. The van der Waals surface area contributed by atoms with Crippen LogP contribution in [0.2, 0.25) is 5.02 Å². The van der Waals surface area contributed by atoms with Crippen LogP contribution in [0.1, 0.15) is 37.3 Å². The van der Waals surface area contributed by atoms with Crippen molar-refractivity contribution in [2.75, 3.05) is 11.9 Å². The predicted octanol–water partition coefficient (Wildman–Crippen LogP) is 4.87. The molecule has 1 fully saturated rings. The zero-order chi connectivity index (χ0) is 20.9. The minimum absolute atomic E-state index is 0.149. The molecule has 2 aromatic carbocycles. The van der Waals surface area contributed by atoms with E-state index in [4.69, 9.17) is 11.6 Å². The first-order chi connectivity index (χ1) is 14.6. The smallest absolute Gasteiger partial charge is 0.292 e. The third kappa shape index (κ3) is 4.58. The van der Waals surface area contributed by atoms with Crippen molar-refractivity contribution in [1.29, 1.82) is 0 Å². The molecule has 156 valence electrons. The van der Waals surface area contributed by atoms with Gasteiger partial charge in [-0.2, -0.15) is 9.78 Å². The van der Waals surface area contributed by atoms with Crippen molar-refractivity contribution >= 4 is 17.3 Å². The molecule has 30 heavy (non-hydrogen) atoms. The Bertz CT molecular complexity index is 1050. The number of rotatable bonds is 6. The highest BCUT2D eigenvalue weighted by Crippen LogP contribution is 2.22. The molecule has 1 aliphatic rings. The average Bonchev–Trinajstić information content (AvgIpc) is 2.78. The molecule has 5 nitrogen and oxygen atoms in total. The van der Waals surface area contributed by atoms with Crippen molar-refractivity contribution in [2.24, 2.45) is 0 Å². The molecule has 1 N–H and O–H groups in total. The summed E-state index contributed by atoms with van der Waals surface area (Å²) in [5.74, 6) is 0. The van der Waals surface area contributed by atoms with E-state index >= 15 is 0 Å². The van der Waals surface area contributed by atoms with E-state index in [1.165, 1.54) is 35.1 Å². The minimum Gasteiger partial charge on any atom is -0.378 e. The second-order valence-corrected chi connectivity index (χ2v) is 8.24. The lowest BCUT2D eigenvalue weighted by atomic mass is 10.0. The molecule has 0 saturated carbocycles. The van der Waals surface area contributed by atoms with Crippen LogP contribution in [0, 0.1) is 0 Å². The molecule has 1 aliphatic heterocycles. The first kappa shape index (κ1) is 20.6. The van der Waals surface area contributed by atoms with Gasteiger partial charge in [-0.15, -0.1) is 0 Å². The number of piperidine rings is 1.